The highest BCUT2D eigenvalue weighted by molar-refractivity contribution is 5.95. The zero-order chi connectivity index (χ0) is 20.1. The summed E-state index contributed by atoms with van der Waals surface area (Å²) in [6.45, 7) is 0. The fourth-order valence-electron chi connectivity index (χ4n) is 2.98. The molecule has 0 spiro atoms. The van der Waals surface area contributed by atoms with Crippen LogP contribution in [0.5, 0.6) is 17.2 Å². The Hall–Kier alpha value is -3.73. The van der Waals surface area contributed by atoms with Gasteiger partial charge in [-0.25, -0.2) is 4.98 Å². The molecule has 2 N–H and O–H groups in total. The first kappa shape index (κ1) is 19.0. The predicted octanol–water partition coefficient (Wildman–Crippen LogP) is 2.91. The van der Waals surface area contributed by atoms with E-state index < -0.39 is 11.8 Å². The lowest BCUT2D eigenvalue weighted by Gasteiger charge is -2.15. The van der Waals surface area contributed by atoms with Crippen molar-refractivity contribution < 1.29 is 19.0 Å². The summed E-state index contributed by atoms with van der Waals surface area (Å²) in [5, 5.41) is 13.2. The summed E-state index contributed by atoms with van der Waals surface area (Å²) in [5.41, 5.74) is 2.02. The molecule has 0 aliphatic rings. The number of amides is 1. The first-order chi connectivity index (χ1) is 13.6. The number of H-pyrrole nitrogens is 1. The summed E-state index contributed by atoms with van der Waals surface area (Å²) in [4.78, 5) is 20.0. The fourth-order valence-corrected chi connectivity index (χ4v) is 2.98. The molecule has 0 aliphatic heterocycles. The molecule has 1 unspecified atom stereocenters. The van der Waals surface area contributed by atoms with Crippen LogP contribution in [0.15, 0.2) is 36.7 Å². The predicted molar refractivity (Wildman–Crippen MR) is 104 cm³/mol. The molecule has 0 saturated heterocycles. The average molecular weight is 380 g/mol. The van der Waals surface area contributed by atoms with Crippen molar-refractivity contribution in [1.29, 1.82) is 5.26 Å². The minimum atomic E-state index is -0.877. The number of anilines is 1. The van der Waals surface area contributed by atoms with Gasteiger partial charge < -0.3 is 24.5 Å². The number of nitriles is 1. The Labute approximate surface area is 162 Å². The van der Waals surface area contributed by atoms with E-state index in [0.29, 0.717) is 22.9 Å². The van der Waals surface area contributed by atoms with Gasteiger partial charge in [0.2, 0.25) is 11.7 Å². The SMILES string of the molecule is COc1cc(NC(=O)C(C#N)Cc2c[nH]c3ncccc23)cc(OC)c1OC. The highest BCUT2D eigenvalue weighted by atomic mass is 16.5. The van der Waals surface area contributed by atoms with Crippen LogP contribution in [0.1, 0.15) is 5.56 Å². The number of pyridine rings is 1. The number of carbonyl (C=O) groups is 1. The standard InChI is InChI=1S/C20H20N4O4/c1-26-16-8-14(9-17(27-2)18(16)28-3)24-20(25)12(10-21)7-13-11-23-19-15(13)5-4-6-22-19/h4-6,8-9,11-12H,7H2,1-3H3,(H,22,23)(H,24,25). The quantitative estimate of drug-likeness (QED) is 0.652. The molecule has 0 bridgehead atoms. The van der Waals surface area contributed by atoms with Gasteiger partial charge in [0.1, 0.15) is 11.6 Å². The van der Waals surface area contributed by atoms with Crippen molar-refractivity contribution in [3.8, 4) is 23.3 Å². The van der Waals surface area contributed by atoms with Gasteiger partial charge in [-0.3, -0.25) is 4.79 Å². The van der Waals surface area contributed by atoms with E-state index in [4.69, 9.17) is 14.2 Å². The number of hydrogen-bond acceptors (Lipinski definition) is 6. The number of rotatable bonds is 7. The first-order valence-corrected chi connectivity index (χ1v) is 8.52. The summed E-state index contributed by atoms with van der Waals surface area (Å²) in [6.07, 6.45) is 3.72. The molecular formula is C20H20N4O4. The Balaban J connectivity index is 1.82. The Bertz CT molecular complexity index is 1010. The van der Waals surface area contributed by atoms with Gasteiger partial charge in [0.15, 0.2) is 11.5 Å². The van der Waals surface area contributed by atoms with Crippen LogP contribution in [-0.2, 0) is 11.2 Å². The second-order valence-corrected chi connectivity index (χ2v) is 6.00. The molecule has 28 heavy (non-hydrogen) atoms. The minimum Gasteiger partial charge on any atom is -0.493 e. The van der Waals surface area contributed by atoms with Gasteiger partial charge >= 0.3 is 0 Å². The maximum atomic E-state index is 12.7. The molecule has 2 heterocycles. The number of aromatic nitrogens is 2. The number of hydrogen-bond donors (Lipinski definition) is 2. The van der Waals surface area contributed by atoms with Crippen molar-refractivity contribution in [2.24, 2.45) is 5.92 Å². The Morgan fingerprint density at radius 2 is 1.96 bits per heavy atom. The number of carbonyl (C=O) groups excluding carboxylic acids is 1. The van der Waals surface area contributed by atoms with E-state index in [1.54, 1.807) is 24.5 Å². The van der Waals surface area contributed by atoms with Crippen molar-refractivity contribution in [3.05, 3.63) is 42.2 Å². The zero-order valence-corrected chi connectivity index (χ0v) is 15.8. The number of nitrogens with one attached hydrogen (secondary N) is 2. The molecule has 0 aliphatic carbocycles. The third kappa shape index (κ3) is 3.69. The molecule has 3 aromatic rings. The molecule has 0 radical (unpaired) electrons. The Morgan fingerprint density at radius 1 is 1.25 bits per heavy atom. The van der Waals surface area contributed by atoms with Gasteiger partial charge in [-0.2, -0.15) is 5.26 Å². The fraction of sp³-hybridized carbons (Fsp3) is 0.250. The van der Waals surface area contributed by atoms with E-state index in [1.807, 2.05) is 12.1 Å². The second-order valence-electron chi connectivity index (χ2n) is 6.00. The van der Waals surface area contributed by atoms with Gasteiger partial charge in [-0.05, 0) is 24.1 Å². The van der Waals surface area contributed by atoms with Crippen LogP contribution in [-0.4, -0.2) is 37.2 Å². The van der Waals surface area contributed by atoms with Crippen molar-refractivity contribution in [3.63, 3.8) is 0 Å². The normalized spacial score (nSPS) is 11.5. The topological polar surface area (TPSA) is 109 Å². The Morgan fingerprint density at radius 3 is 2.57 bits per heavy atom. The molecule has 1 amide bonds. The number of ether oxygens (including phenoxy) is 3. The summed E-state index contributed by atoms with van der Waals surface area (Å²) >= 11 is 0. The summed E-state index contributed by atoms with van der Waals surface area (Å²) in [7, 11) is 4.48. The third-order valence-electron chi connectivity index (χ3n) is 4.37. The van der Waals surface area contributed by atoms with Crippen LogP contribution >= 0.6 is 0 Å². The molecule has 144 valence electrons. The van der Waals surface area contributed by atoms with Crippen LogP contribution in [0.4, 0.5) is 5.69 Å². The van der Waals surface area contributed by atoms with Gasteiger partial charge in [-0.1, -0.05) is 0 Å². The number of methoxy groups -OCH3 is 3. The third-order valence-corrected chi connectivity index (χ3v) is 4.37. The van der Waals surface area contributed by atoms with Gasteiger partial charge in [0.25, 0.3) is 0 Å². The highest BCUT2D eigenvalue weighted by Crippen LogP contribution is 2.40. The van der Waals surface area contributed by atoms with Gasteiger partial charge in [0, 0.05) is 35.6 Å². The molecule has 8 nitrogen and oxygen atoms in total. The van der Waals surface area contributed by atoms with Crippen LogP contribution < -0.4 is 19.5 Å². The average Bonchev–Trinajstić information content (AvgIpc) is 3.13. The van der Waals surface area contributed by atoms with Crippen molar-refractivity contribution in [2.45, 2.75) is 6.42 Å². The van der Waals surface area contributed by atoms with Crippen molar-refractivity contribution in [2.75, 3.05) is 26.6 Å². The first-order valence-electron chi connectivity index (χ1n) is 8.52. The highest BCUT2D eigenvalue weighted by Gasteiger charge is 2.22. The molecule has 8 heteroatoms. The lowest BCUT2D eigenvalue weighted by molar-refractivity contribution is -0.118. The molecule has 1 atom stereocenters. The summed E-state index contributed by atoms with van der Waals surface area (Å²) in [5.74, 6) is -0.0545. The summed E-state index contributed by atoms with van der Waals surface area (Å²) in [6, 6.07) is 9.02. The van der Waals surface area contributed by atoms with Crippen molar-refractivity contribution in [1.82, 2.24) is 9.97 Å². The summed E-state index contributed by atoms with van der Waals surface area (Å²) < 4.78 is 15.9. The van der Waals surface area contributed by atoms with E-state index in [-0.39, 0.29) is 6.42 Å². The monoisotopic (exact) mass is 380 g/mol. The van der Waals surface area contributed by atoms with Crippen LogP contribution in [0.2, 0.25) is 0 Å². The maximum absolute atomic E-state index is 12.7. The number of aromatic amines is 1. The van der Waals surface area contributed by atoms with Crippen LogP contribution in [0, 0.1) is 17.2 Å². The van der Waals surface area contributed by atoms with Crippen LogP contribution in [0.25, 0.3) is 11.0 Å². The maximum Gasteiger partial charge on any atom is 0.242 e. The minimum absolute atomic E-state index is 0.262. The molecule has 0 saturated carbocycles. The zero-order valence-electron chi connectivity index (χ0n) is 15.8. The number of nitrogens with zero attached hydrogens (tertiary/aromatic N) is 2. The number of fused-ring (bicyclic) bond motifs is 1. The molecular weight excluding hydrogens is 360 g/mol. The number of benzene rings is 1. The lowest BCUT2D eigenvalue weighted by Crippen LogP contribution is -2.23. The van der Waals surface area contributed by atoms with E-state index in [9.17, 15) is 10.1 Å². The molecule has 2 aromatic heterocycles. The van der Waals surface area contributed by atoms with Gasteiger partial charge in [-0.15, -0.1) is 0 Å². The van der Waals surface area contributed by atoms with E-state index >= 15 is 0 Å². The van der Waals surface area contributed by atoms with E-state index in [1.165, 1.54) is 21.3 Å². The smallest absolute Gasteiger partial charge is 0.242 e. The van der Waals surface area contributed by atoms with Crippen molar-refractivity contribution >= 4 is 22.6 Å². The largest absolute Gasteiger partial charge is 0.493 e. The van der Waals surface area contributed by atoms with E-state index in [0.717, 1.165) is 16.6 Å². The lowest BCUT2D eigenvalue weighted by atomic mass is 10.00. The van der Waals surface area contributed by atoms with E-state index in [2.05, 4.69) is 21.4 Å². The molecule has 1 aromatic carbocycles. The van der Waals surface area contributed by atoms with Gasteiger partial charge in [0.05, 0.1) is 27.4 Å². The Kier molecular flexibility index (Phi) is 5.65. The molecule has 3 rings (SSSR count). The second kappa shape index (κ2) is 8.31. The molecule has 0 fully saturated rings. The van der Waals surface area contributed by atoms with Crippen LogP contribution in [0.3, 0.4) is 0 Å².